The molecule has 0 spiro atoms. The Balaban J connectivity index is 2.28. The third kappa shape index (κ3) is 3.67. The summed E-state index contributed by atoms with van der Waals surface area (Å²) in [5, 5.41) is 2.05. The molecule has 0 radical (unpaired) electrons. The fourth-order valence-electron chi connectivity index (χ4n) is 0.977. The second-order valence-corrected chi connectivity index (χ2v) is 4.62. The largest absolute Gasteiger partial charge is 0.382 e. The van der Waals surface area contributed by atoms with Crippen LogP contribution in [0.4, 0.5) is 0 Å². The molecule has 0 saturated heterocycles. The van der Waals surface area contributed by atoms with Crippen molar-refractivity contribution in [1.82, 2.24) is 5.48 Å². The topological polar surface area (TPSA) is 30.5 Å². The Morgan fingerprint density at radius 3 is 2.93 bits per heavy atom. The smallest absolute Gasteiger partial charge is 0.0916 e. The molecule has 1 aromatic rings. The summed E-state index contributed by atoms with van der Waals surface area (Å²) in [7, 11) is 1.66. The Labute approximate surface area is 96.5 Å². The zero-order valence-corrected chi connectivity index (χ0v) is 10.7. The molecule has 3 nitrogen and oxygen atoms in total. The first-order chi connectivity index (χ1) is 6.75. The fourth-order valence-corrected chi connectivity index (χ4v) is 2.69. The number of methoxy groups -OCH3 is 1. The molecule has 1 N–H and O–H groups in total. The number of hydrogen-bond acceptors (Lipinski definition) is 4. The molecule has 0 bridgehead atoms. The first kappa shape index (κ1) is 12.1. The molecule has 0 aliphatic heterocycles. The lowest BCUT2D eigenvalue weighted by Gasteiger charge is -2.12. The second-order valence-electron chi connectivity index (χ2n) is 2.81. The molecule has 0 aliphatic rings. The third-order valence-electron chi connectivity index (χ3n) is 1.69. The zero-order valence-electron chi connectivity index (χ0n) is 8.25. The number of rotatable bonds is 6. The summed E-state index contributed by atoms with van der Waals surface area (Å²) in [6, 6.07) is 2.23. The highest BCUT2D eigenvalue weighted by Gasteiger charge is 2.09. The Hall–Kier alpha value is 0.0600. The summed E-state index contributed by atoms with van der Waals surface area (Å²) < 4.78 is 5.99. The van der Waals surface area contributed by atoms with Gasteiger partial charge < -0.3 is 4.74 Å². The van der Waals surface area contributed by atoms with E-state index in [2.05, 4.69) is 28.3 Å². The van der Waals surface area contributed by atoms with Gasteiger partial charge in [0, 0.05) is 16.5 Å². The van der Waals surface area contributed by atoms with Gasteiger partial charge in [-0.1, -0.05) is 0 Å². The monoisotopic (exact) mass is 279 g/mol. The maximum Gasteiger partial charge on any atom is 0.0916 e. The van der Waals surface area contributed by atoms with Crippen molar-refractivity contribution in [2.24, 2.45) is 0 Å². The predicted octanol–water partition coefficient (Wildman–Crippen LogP) is 2.74. The van der Waals surface area contributed by atoms with Crippen LogP contribution in [0.3, 0.4) is 0 Å². The van der Waals surface area contributed by atoms with E-state index in [1.807, 2.05) is 11.4 Å². The molecule has 80 valence electrons. The van der Waals surface area contributed by atoms with E-state index in [-0.39, 0.29) is 6.04 Å². The van der Waals surface area contributed by atoms with Crippen molar-refractivity contribution in [3.05, 3.63) is 20.8 Å². The van der Waals surface area contributed by atoms with E-state index < -0.39 is 0 Å². The van der Waals surface area contributed by atoms with E-state index in [0.29, 0.717) is 13.2 Å². The van der Waals surface area contributed by atoms with Crippen molar-refractivity contribution in [1.29, 1.82) is 0 Å². The van der Waals surface area contributed by atoms with Crippen LogP contribution in [0.15, 0.2) is 15.9 Å². The summed E-state index contributed by atoms with van der Waals surface area (Å²) in [5.41, 5.74) is 2.96. The highest BCUT2D eigenvalue weighted by molar-refractivity contribution is 9.10. The molecule has 1 heterocycles. The van der Waals surface area contributed by atoms with Gasteiger partial charge in [-0.15, -0.1) is 11.3 Å². The molecule has 0 amide bonds. The normalized spacial score (nSPS) is 13.1. The van der Waals surface area contributed by atoms with E-state index in [9.17, 15) is 0 Å². The molecule has 14 heavy (non-hydrogen) atoms. The molecule has 0 fully saturated rings. The lowest BCUT2D eigenvalue weighted by molar-refractivity contribution is -0.00878. The van der Waals surface area contributed by atoms with Crippen molar-refractivity contribution in [2.75, 3.05) is 20.3 Å². The molecule has 1 unspecified atom stereocenters. The van der Waals surface area contributed by atoms with Gasteiger partial charge in [0.2, 0.25) is 0 Å². The maximum absolute atomic E-state index is 5.23. The number of ether oxygens (including phenoxy) is 1. The van der Waals surface area contributed by atoms with Crippen LogP contribution in [0.5, 0.6) is 0 Å². The van der Waals surface area contributed by atoms with Crippen LogP contribution in [-0.2, 0) is 9.57 Å². The SMILES string of the molecule is COCCONC(C)c1sccc1Br. The van der Waals surface area contributed by atoms with Crippen molar-refractivity contribution in [3.63, 3.8) is 0 Å². The fraction of sp³-hybridized carbons (Fsp3) is 0.556. The molecule has 1 rings (SSSR count). The van der Waals surface area contributed by atoms with E-state index in [0.717, 1.165) is 4.47 Å². The Bertz CT molecular complexity index is 267. The lowest BCUT2D eigenvalue weighted by Crippen LogP contribution is -2.20. The number of nitrogens with one attached hydrogen (secondary N) is 1. The van der Waals surface area contributed by atoms with Gasteiger partial charge in [-0.2, -0.15) is 5.48 Å². The van der Waals surface area contributed by atoms with Crippen LogP contribution in [0.2, 0.25) is 0 Å². The van der Waals surface area contributed by atoms with Crippen LogP contribution in [0.1, 0.15) is 17.8 Å². The Kier molecular flexibility index (Phi) is 5.66. The number of hydrogen-bond donors (Lipinski definition) is 1. The van der Waals surface area contributed by atoms with Crippen LogP contribution >= 0.6 is 27.3 Å². The van der Waals surface area contributed by atoms with E-state index in [1.54, 1.807) is 18.4 Å². The summed E-state index contributed by atoms with van der Waals surface area (Å²) in [6.45, 7) is 3.22. The summed E-state index contributed by atoms with van der Waals surface area (Å²) in [5.74, 6) is 0. The van der Waals surface area contributed by atoms with Crippen LogP contribution in [0, 0.1) is 0 Å². The summed E-state index contributed by atoms with van der Waals surface area (Å²) in [4.78, 5) is 6.46. The van der Waals surface area contributed by atoms with Crippen molar-refractivity contribution < 1.29 is 9.57 Å². The van der Waals surface area contributed by atoms with Gasteiger partial charge >= 0.3 is 0 Å². The molecule has 1 atom stereocenters. The van der Waals surface area contributed by atoms with E-state index >= 15 is 0 Å². The number of hydroxylamine groups is 1. The van der Waals surface area contributed by atoms with Crippen LogP contribution in [-0.4, -0.2) is 20.3 Å². The third-order valence-corrected chi connectivity index (χ3v) is 3.74. The molecule has 0 aliphatic carbocycles. The minimum Gasteiger partial charge on any atom is -0.382 e. The molecular formula is C9H14BrNO2S. The minimum absolute atomic E-state index is 0.196. The first-order valence-corrected chi connectivity index (χ1v) is 6.02. The molecular weight excluding hydrogens is 266 g/mol. The first-order valence-electron chi connectivity index (χ1n) is 4.35. The van der Waals surface area contributed by atoms with E-state index in [4.69, 9.17) is 9.57 Å². The number of halogens is 1. The van der Waals surface area contributed by atoms with Crippen LogP contribution < -0.4 is 5.48 Å². The highest BCUT2D eigenvalue weighted by atomic mass is 79.9. The van der Waals surface area contributed by atoms with Gasteiger partial charge in [-0.25, -0.2) is 0 Å². The quantitative estimate of drug-likeness (QED) is 0.642. The average Bonchev–Trinajstić information content (AvgIpc) is 2.59. The van der Waals surface area contributed by atoms with Crippen molar-refractivity contribution in [2.45, 2.75) is 13.0 Å². The van der Waals surface area contributed by atoms with Gasteiger partial charge in [0.25, 0.3) is 0 Å². The lowest BCUT2D eigenvalue weighted by atomic mass is 10.3. The molecule has 5 heteroatoms. The predicted molar refractivity (Wildman–Crippen MR) is 61.4 cm³/mol. The standard InChI is InChI=1S/C9H14BrNO2S/c1-7(11-13-5-4-12-2)9-8(10)3-6-14-9/h3,6-7,11H,4-5H2,1-2H3. The van der Waals surface area contributed by atoms with Gasteiger partial charge in [0.1, 0.15) is 0 Å². The number of thiophene rings is 1. The highest BCUT2D eigenvalue weighted by Crippen LogP contribution is 2.28. The molecule has 0 saturated carbocycles. The van der Waals surface area contributed by atoms with Gasteiger partial charge in [-0.05, 0) is 34.3 Å². The zero-order chi connectivity index (χ0) is 10.4. The summed E-state index contributed by atoms with van der Waals surface area (Å²) >= 11 is 5.18. The second kappa shape index (κ2) is 6.53. The molecule has 1 aromatic heterocycles. The van der Waals surface area contributed by atoms with Gasteiger partial charge in [0.15, 0.2) is 0 Å². The minimum atomic E-state index is 0.196. The average molecular weight is 280 g/mol. The van der Waals surface area contributed by atoms with E-state index in [1.165, 1.54) is 4.88 Å². The van der Waals surface area contributed by atoms with Gasteiger partial charge in [0.05, 0.1) is 19.3 Å². The van der Waals surface area contributed by atoms with Gasteiger partial charge in [-0.3, -0.25) is 4.84 Å². The Morgan fingerprint density at radius 1 is 1.57 bits per heavy atom. The van der Waals surface area contributed by atoms with Crippen molar-refractivity contribution in [3.8, 4) is 0 Å². The molecule has 0 aromatic carbocycles. The maximum atomic E-state index is 5.23. The van der Waals surface area contributed by atoms with Crippen molar-refractivity contribution >= 4 is 27.3 Å². The Morgan fingerprint density at radius 2 is 2.36 bits per heavy atom. The van der Waals surface area contributed by atoms with Crippen LogP contribution in [0.25, 0.3) is 0 Å². The summed E-state index contributed by atoms with van der Waals surface area (Å²) in [6.07, 6.45) is 0.